The zero-order valence-electron chi connectivity index (χ0n) is 8.40. The van der Waals surface area contributed by atoms with Gasteiger partial charge >= 0.3 is 5.51 Å². The molecule has 0 aliphatic rings. The van der Waals surface area contributed by atoms with Crippen molar-refractivity contribution in [2.45, 2.75) is 10.4 Å². The van der Waals surface area contributed by atoms with Crippen LogP contribution in [0, 0.1) is 11.8 Å². The van der Waals surface area contributed by atoms with Gasteiger partial charge in [0.2, 0.25) is 0 Å². The van der Waals surface area contributed by atoms with Gasteiger partial charge in [-0.1, -0.05) is 23.0 Å². The predicted molar refractivity (Wildman–Crippen MR) is 59.2 cm³/mol. The maximum Gasteiger partial charge on any atom is 0.446 e. The van der Waals surface area contributed by atoms with Gasteiger partial charge in [-0.05, 0) is 35.5 Å². The van der Waals surface area contributed by atoms with Crippen molar-refractivity contribution in [3.8, 4) is 11.8 Å². The number of nitrogens with zero attached hydrogens (tertiary/aromatic N) is 3. The van der Waals surface area contributed by atoms with Gasteiger partial charge in [-0.15, -0.1) is 0 Å². The van der Waals surface area contributed by atoms with Crippen LogP contribution in [-0.2, 0) is 0 Å². The highest BCUT2D eigenvalue weighted by Gasteiger charge is 2.29. The monoisotopic (exact) mass is 257 g/mol. The van der Waals surface area contributed by atoms with Crippen LogP contribution in [0.25, 0.3) is 10.4 Å². The molecule has 0 saturated heterocycles. The lowest BCUT2D eigenvalue weighted by Gasteiger charge is -2.04. The minimum absolute atomic E-state index is 0.00680. The Morgan fingerprint density at radius 1 is 1.41 bits per heavy atom. The predicted octanol–water partition coefficient (Wildman–Crippen LogP) is 3.96. The third-order valence-corrected chi connectivity index (χ3v) is 2.23. The average Bonchev–Trinajstić information content (AvgIpc) is 2.23. The number of thioether (sulfide) groups is 1. The lowest BCUT2D eigenvalue weighted by molar-refractivity contribution is -0.0328. The molecule has 1 aromatic carbocycles. The maximum absolute atomic E-state index is 12.1. The van der Waals surface area contributed by atoms with Gasteiger partial charge in [0, 0.05) is 15.4 Å². The summed E-state index contributed by atoms with van der Waals surface area (Å²) in [6, 6.07) is 5.77. The van der Waals surface area contributed by atoms with Crippen molar-refractivity contribution in [2.75, 3.05) is 6.54 Å². The van der Waals surface area contributed by atoms with E-state index in [-0.39, 0.29) is 23.2 Å². The van der Waals surface area contributed by atoms with Crippen LogP contribution < -0.4 is 0 Å². The summed E-state index contributed by atoms with van der Waals surface area (Å²) in [6.45, 7) is -0.00680. The van der Waals surface area contributed by atoms with Crippen molar-refractivity contribution in [1.29, 1.82) is 0 Å². The largest absolute Gasteiger partial charge is 0.446 e. The second-order valence-corrected chi connectivity index (χ2v) is 3.90. The fourth-order valence-corrected chi connectivity index (χ4v) is 1.58. The second kappa shape index (κ2) is 6.09. The van der Waals surface area contributed by atoms with Crippen molar-refractivity contribution in [3.05, 3.63) is 40.3 Å². The molecule has 0 amide bonds. The molecular formula is C10H6F3N3S. The first kappa shape index (κ1) is 13.3. The lowest BCUT2D eigenvalue weighted by Crippen LogP contribution is -1.98. The van der Waals surface area contributed by atoms with Gasteiger partial charge in [-0.25, -0.2) is 0 Å². The summed E-state index contributed by atoms with van der Waals surface area (Å²) in [6.07, 6.45) is 0. The van der Waals surface area contributed by atoms with Crippen molar-refractivity contribution >= 4 is 11.8 Å². The van der Waals surface area contributed by atoms with Crippen LogP contribution >= 0.6 is 11.8 Å². The molecular weight excluding hydrogens is 251 g/mol. The van der Waals surface area contributed by atoms with Gasteiger partial charge in [0.1, 0.15) is 0 Å². The van der Waals surface area contributed by atoms with Crippen molar-refractivity contribution in [2.24, 2.45) is 5.11 Å². The normalized spacial score (nSPS) is 10.1. The Kier molecular flexibility index (Phi) is 4.76. The van der Waals surface area contributed by atoms with Crippen LogP contribution in [0.3, 0.4) is 0 Å². The highest BCUT2D eigenvalue weighted by atomic mass is 32.2. The van der Waals surface area contributed by atoms with Gasteiger partial charge in [0.15, 0.2) is 0 Å². The molecule has 3 nitrogen and oxygen atoms in total. The number of rotatable bonds is 2. The number of hydrogen-bond donors (Lipinski definition) is 0. The lowest BCUT2D eigenvalue weighted by atomic mass is 10.2. The van der Waals surface area contributed by atoms with Gasteiger partial charge in [0.25, 0.3) is 0 Å². The zero-order valence-corrected chi connectivity index (χ0v) is 9.22. The molecule has 0 atom stereocenters. The molecule has 7 heteroatoms. The Morgan fingerprint density at radius 3 is 2.82 bits per heavy atom. The van der Waals surface area contributed by atoms with E-state index in [2.05, 4.69) is 21.9 Å². The Labute approximate surface area is 99.6 Å². The van der Waals surface area contributed by atoms with Crippen molar-refractivity contribution in [1.82, 2.24) is 0 Å². The molecule has 1 rings (SSSR count). The van der Waals surface area contributed by atoms with Gasteiger partial charge in [-0.3, -0.25) is 0 Å². The Hall–Kier alpha value is -1.77. The van der Waals surface area contributed by atoms with E-state index in [1.807, 2.05) is 0 Å². The Morgan fingerprint density at radius 2 is 2.18 bits per heavy atom. The first-order valence-electron chi connectivity index (χ1n) is 4.37. The zero-order chi connectivity index (χ0) is 12.7. The van der Waals surface area contributed by atoms with Crippen LogP contribution in [0.2, 0.25) is 0 Å². The number of azide groups is 1. The summed E-state index contributed by atoms with van der Waals surface area (Å²) in [5.41, 5.74) is 4.14. The van der Waals surface area contributed by atoms with E-state index in [9.17, 15) is 13.2 Å². The third kappa shape index (κ3) is 5.76. The Balaban J connectivity index is 2.78. The molecule has 0 radical (unpaired) electrons. The van der Waals surface area contributed by atoms with Gasteiger partial charge in [-0.2, -0.15) is 13.2 Å². The fraction of sp³-hybridized carbons (Fsp3) is 0.200. The molecule has 0 saturated carbocycles. The quantitative estimate of drug-likeness (QED) is 0.260. The fourth-order valence-electron chi connectivity index (χ4n) is 0.980. The first-order valence-corrected chi connectivity index (χ1v) is 5.18. The van der Waals surface area contributed by atoms with Crippen LogP contribution in [0.4, 0.5) is 13.2 Å². The molecule has 0 heterocycles. The number of halogens is 3. The molecule has 0 aliphatic heterocycles. The van der Waals surface area contributed by atoms with E-state index >= 15 is 0 Å². The van der Waals surface area contributed by atoms with Crippen LogP contribution in [-0.4, -0.2) is 12.1 Å². The van der Waals surface area contributed by atoms with Gasteiger partial charge < -0.3 is 0 Å². The maximum atomic E-state index is 12.1. The molecule has 88 valence electrons. The summed E-state index contributed by atoms with van der Waals surface area (Å²) in [5, 5.41) is 3.19. The van der Waals surface area contributed by atoms with E-state index in [4.69, 9.17) is 5.53 Å². The van der Waals surface area contributed by atoms with E-state index in [1.165, 1.54) is 18.2 Å². The highest BCUT2D eigenvalue weighted by molar-refractivity contribution is 8.00. The highest BCUT2D eigenvalue weighted by Crippen LogP contribution is 2.36. The summed E-state index contributed by atoms with van der Waals surface area (Å²) in [4.78, 5) is 2.58. The van der Waals surface area contributed by atoms with Crippen LogP contribution in [0.5, 0.6) is 0 Å². The first-order chi connectivity index (χ1) is 8.01. The SMILES string of the molecule is [N-]=[N+]=NCC#Cc1cccc(SC(F)(F)F)c1. The smallest absolute Gasteiger partial charge is 0.160 e. The van der Waals surface area contributed by atoms with Gasteiger partial charge in [0.05, 0.1) is 6.54 Å². The summed E-state index contributed by atoms with van der Waals surface area (Å²) in [5.74, 6) is 5.14. The average molecular weight is 257 g/mol. The Bertz CT molecular complexity index is 495. The molecule has 0 unspecified atom stereocenters. The third-order valence-electron chi connectivity index (χ3n) is 1.51. The molecule has 0 N–H and O–H groups in total. The molecule has 0 fully saturated rings. The van der Waals surface area contributed by atoms with Crippen molar-refractivity contribution < 1.29 is 13.2 Å². The minimum Gasteiger partial charge on any atom is -0.160 e. The molecule has 0 bridgehead atoms. The van der Waals surface area contributed by atoms with E-state index in [0.717, 1.165) is 0 Å². The molecule has 0 aromatic heterocycles. The van der Waals surface area contributed by atoms with Crippen molar-refractivity contribution in [3.63, 3.8) is 0 Å². The van der Waals surface area contributed by atoms with E-state index in [1.54, 1.807) is 6.07 Å². The van der Waals surface area contributed by atoms with E-state index in [0.29, 0.717) is 5.56 Å². The topological polar surface area (TPSA) is 48.8 Å². The molecule has 0 spiro atoms. The number of benzene rings is 1. The summed E-state index contributed by atoms with van der Waals surface area (Å²) < 4.78 is 36.3. The summed E-state index contributed by atoms with van der Waals surface area (Å²) >= 11 is -0.191. The molecule has 0 aliphatic carbocycles. The van der Waals surface area contributed by atoms with Crippen LogP contribution in [0.1, 0.15) is 5.56 Å². The number of hydrogen-bond acceptors (Lipinski definition) is 2. The number of alkyl halides is 3. The second-order valence-electron chi connectivity index (χ2n) is 2.77. The molecule has 17 heavy (non-hydrogen) atoms. The van der Waals surface area contributed by atoms with Crippen LogP contribution in [0.15, 0.2) is 34.3 Å². The summed E-state index contributed by atoms with van der Waals surface area (Å²) in [7, 11) is 0. The molecule has 1 aromatic rings. The minimum atomic E-state index is -4.31. The van der Waals surface area contributed by atoms with E-state index < -0.39 is 5.51 Å². The standard InChI is InChI=1S/C10H6F3N3S/c11-10(12,13)17-9-5-1-3-8(7-9)4-2-6-15-16-14/h1,3,5,7H,6H2.